The van der Waals surface area contributed by atoms with E-state index in [4.69, 9.17) is 4.74 Å². The molecule has 1 atom stereocenters. The maximum Gasteiger partial charge on any atom is 0.262 e. The Labute approximate surface area is 152 Å². The van der Waals surface area contributed by atoms with Crippen molar-refractivity contribution in [1.82, 2.24) is 18.8 Å². The first-order chi connectivity index (χ1) is 12.4. The van der Waals surface area contributed by atoms with Crippen LogP contribution in [-0.2, 0) is 17.1 Å². The van der Waals surface area contributed by atoms with E-state index in [-0.39, 0.29) is 11.1 Å². The minimum Gasteiger partial charge on any atom is -0.473 e. The molecule has 0 spiro atoms. The molecule has 2 aromatic heterocycles. The molecule has 0 radical (unpaired) electrons. The SMILES string of the molecule is Cc1nc(S(=O)(=O)N2CCC(Oc3ccc4ccccc4n3)C2)cn1C. The molecule has 0 bridgehead atoms. The minimum atomic E-state index is -3.60. The lowest BCUT2D eigenvalue weighted by molar-refractivity contribution is 0.207. The van der Waals surface area contributed by atoms with E-state index in [9.17, 15) is 8.42 Å². The molecule has 0 saturated carbocycles. The van der Waals surface area contributed by atoms with Crippen LogP contribution in [0.15, 0.2) is 47.6 Å². The predicted molar refractivity (Wildman–Crippen MR) is 97.5 cm³/mol. The van der Waals surface area contributed by atoms with E-state index < -0.39 is 10.0 Å². The molecule has 1 saturated heterocycles. The monoisotopic (exact) mass is 372 g/mol. The molecule has 4 rings (SSSR count). The van der Waals surface area contributed by atoms with Gasteiger partial charge in [0.15, 0.2) is 5.03 Å². The Balaban J connectivity index is 1.49. The lowest BCUT2D eigenvalue weighted by Crippen LogP contribution is -2.31. The highest BCUT2D eigenvalue weighted by molar-refractivity contribution is 7.89. The van der Waals surface area contributed by atoms with Crippen molar-refractivity contribution in [2.75, 3.05) is 13.1 Å². The first-order valence-electron chi connectivity index (χ1n) is 8.46. The quantitative estimate of drug-likeness (QED) is 0.701. The van der Waals surface area contributed by atoms with Gasteiger partial charge in [0.05, 0.1) is 12.1 Å². The third kappa shape index (κ3) is 3.06. The Hall–Kier alpha value is -2.45. The largest absolute Gasteiger partial charge is 0.473 e. The summed E-state index contributed by atoms with van der Waals surface area (Å²) in [6.07, 6.45) is 1.95. The molecule has 1 fully saturated rings. The molecule has 136 valence electrons. The van der Waals surface area contributed by atoms with E-state index in [1.165, 1.54) is 4.31 Å². The van der Waals surface area contributed by atoms with Gasteiger partial charge in [-0.05, 0) is 25.5 Å². The molecule has 0 aliphatic carbocycles. The molecular weight excluding hydrogens is 352 g/mol. The first kappa shape index (κ1) is 17.0. The number of sulfonamides is 1. The molecular formula is C18H20N4O3S. The van der Waals surface area contributed by atoms with E-state index in [0.717, 1.165) is 10.9 Å². The van der Waals surface area contributed by atoms with Crippen molar-refractivity contribution < 1.29 is 13.2 Å². The van der Waals surface area contributed by atoms with Crippen molar-refractivity contribution in [3.8, 4) is 5.88 Å². The van der Waals surface area contributed by atoms with E-state index in [0.29, 0.717) is 31.2 Å². The zero-order chi connectivity index (χ0) is 18.3. The topological polar surface area (TPSA) is 77.3 Å². The summed E-state index contributed by atoms with van der Waals surface area (Å²) in [6, 6.07) is 11.6. The van der Waals surface area contributed by atoms with Crippen LogP contribution in [0.4, 0.5) is 0 Å². The highest BCUT2D eigenvalue weighted by atomic mass is 32.2. The van der Waals surface area contributed by atoms with Gasteiger partial charge in [0.2, 0.25) is 5.88 Å². The molecule has 1 unspecified atom stereocenters. The lowest BCUT2D eigenvalue weighted by Gasteiger charge is -2.16. The molecule has 7 nitrogen and oxygen atoms in total. The number of ether oxygens (including phenoxy) is 1. The summed E-state index contributed by atoms with van der Waals surface area (Å²) in [4.78, 5) is 8.64. The second kappa shape index (κ2) is 6.37. The summed E-state index contributed by atoms with van der Waals surface area (Å²) >= 11 is 0. The number of imidazole rings is 1. The minimum absolute atomic E-state index is 0.0852. The summed E-state index contributed by atoms with van der Waals surface area (Å²) in [7, 11) is -1.82. The Kier molecular flexibility index (Phi) is 4.16. The number of aryl methyl sites for hydroxylation is 2. The average Bonchev–Trinajstić information content (AvgIpc) is 3.23. The summed E-state index contributed by atoms with van der Waals surface area (Å²) in [6.45, 7) is 2.49. The van der Waals surface area contributed by atoms with Crippen LogP contribution < -0.4 is 4.74 Å². The van der Waals surface area contributed by atoms with Gasteiger partial charge in [-0.2, -0.15) is 4.31 Å². The molecule has 1 aromatic carbocycles. The van der Waals surface area contributed by atoms with Crippen LogP contribution in [-0.4, -0.2) is 46.5 Å². The van der Waals surface area contributed by atoms with Crippen LogP contribution in [0.2, 0.25) is 0 Å². The average molecular weight is 372 g/mol. The fourth-order valence-corrected chi connectivity index (χ4v) is 4.59. The molecule has 0 N–H and O–H groups in total. The van der Waals surface area contributed by atoms with Gasteiger partial charge < -0.3 is 9.30 Å². The van der Waals surface area contributed by atoms with E-state index in [1.807, 2.05) is 36.4 Å². The van der Waals surface area contributed by atoms with Crippen LogP contribution in [0.3, 0.4) is 0 Å². The standard InChI is InChI=1S/C18H20N4O3S/c1-13-19-18(12-21(13)2)26(23,24)22-10-9-15(11-22)25-17-8-7-14-5-3-4-6-16(14)20-17/h3-8,12,15H,9-11H2,1-2H3. The van der Waals surface area contributed by atoms with Crippen molar-refractivity contribution in [2.45, 2.75) is 24.5 Å². The van der Waals surface area contributed by atoms with E-state index >= 15 is 0 Å². The Morgan fingerprint density at radius 1 is 1.15 bits per heavy atom. The molecule has 0 amide bonds. The number of benzene rings is 1. The number of aromatic nitrogens is 3. The van der Waals surface area contributed by atoms with E-state index in [1.54, 1.807) is 24.7 Å². The number of fused-ring (bicyclic) bond motifs is 1. The van der Waals surface area contributed by atoms with Crippen molar-refractivity contribution >= 4 is 20.9 Å². The molecule has 3 heterocycles. The van der Waals surface area contributed by atoms with Gasteiger partial charge in [0, 0.05) is 31.2 Å². The number of hydrogen-bond donors (Lipinski definition) is 0. The van der Waals surface area contributed by atoms with Crippen molar-refractivity contribution in [1.29, 1.82) is 0 Å². The smallest absolute Gasteiger partial charge is 0.262 e. The third-order valence-corrected chi connectivity index (χ3v) is 6.40. The van der Waals surface area contributed by atoms with Gasteiger partial charge in [-0.3, -0.25) is 0 Å². The molecule has 26 heavy (non-hydrogen) atoms. The van der Waals surface area contributed by atoms with E-state index in [2.05, 4.69) is 9.97 Å². The van der Waals surface area contributed by atoms with Gasteiger partial charge in [-0.1, -0.05) is 18.2 Å². The Morgan fingerprint density at radius 3 is 2.73 bits per heavy atom. The number of nitrogens with zero attached hydrogens (tertiary/aromatic N) is 4. The Morgan fingerprint density at radius 2 is 1.96 bits per heavy atom. The summed E-state index contributed by atoms with van der Waals surface area (Å²) < 4.78 is 34.6. The number of rotatable bonds is 4. The first-order valence-corrected chi connectivity index (χ1v) is 9.90. The fourth-order valence-electron chi connectivity index (χ4n) is 3.08. The van der Waals surface area contributed by atoms with Gasteiger partial charge in [0.25, 0.3) is 10.0 Å². The second-order valence-corrected chi connectivity index (χ2v) is 8.36. The maximum absolute atomic E-state index is 12.8. The molecule has 1 aliphatic heterocycles. The van der Waals surface area contributed by atoms with Crippen LogP contribution in [0.5, 0.6) is 5.88 Å². The van der Waals surface area contributed by atoms with Crippen molar-refractivity contribution in [2.24, 2.45) is 7.05 Å². The maximum atomic E-state index is 12.8. The zero-order valence-corrected chi connectivity index (χ0v) is 15.5. The van der Waals surface area contributed by atoms with Crippen molar-refractivity contribution in [3.05, 3.63) is 48.4 Å². The fraction of sp³-hybridized carbons (Fsp3) is 0.333. The van der Waals surface area contributed by atoms with Gasteiger partial charge in [-0.25, -0.2) is 18.4 Å². The van der Waals surface area contributed by atoms with Crippen LogP contribution in [0.25, 0.3) is 10.9 Å². The molecule has 1 aliphatic rings. The van der Waals surface area contributed by atoms with Gasteiger partial charge in [-0.15, -0.1) is 0 Å². The molecule has 8 heteroatoms. The normalized spacial score (nSPS) is 18.5. The summed E-state index contributed by atoms with van der Waals surface area (Å²) in [5, 5.41) is 1.13. The zero-order valence-electron chi connectivity index (χ0n) is 14.7. The number of hydrogen-bond acceptors (Lipinski definition) is 5. The van der Waals surface area contributed by atoms with Crippen LogP contribution >= 0.6 is 0 Å². The highest BCUT2D eigenvalue weighted by Crippen LogP contribution is 2.24. The van der Waals surface area contributed by atoms with Crippen molar-refractivity contribution in [3.63, 3.8) is 0 Å². The van der Waals surface area contributed by atoms with Gasteiger partial charge >= 0.3 is 0 Å². The van der Waals surface area contributed by atoms with Crippen LogP contribution in [0.1, 0.15) is 12.2 Å². The predicted octanol–water partition coefficient (Wildman–Crippen LogP) is 2.12. The second-order valence-electron chi connectivity index (χ2n) is 6.47. The third-order valence-electron chi connectivity index (χ3n) is 4.66. The number of para-hydroxylation sites is 1. The molecule has 3 aromatic rings. The van der Waals surface area contributed by atoms with Crippen LogP contribution in [0, 0.1) is 6.92 Å². The van der Waals surface area contributed by atoms with Gasteiger partial charge in [0.1, 0.15) is 11.9 Å². The Bertz CT molecular complexity index is 1040. The summed E-state index contributed by atoms with van der Waals surface area (Å²) in [5.74, 6) is 1.18. The summed E-state index contributed by atoms with van der Waals surface area (Å²) in [5.41, 5.74) is 0.858. The highest BCUT2D eigenvalue weighted by Gasteiger charge is 2.35. The lowest BCUT2D eigenvalue weighted by atomic mass is 10.2. The number of pyridine rings is 1.